The van der Waals surface area contributed by atoms with Crippen LogP contribution in [0.2, 0.25) is 0 Å². The minimum Gasteiger partial charge on any atom is -0.494 e. The third kappa shape index (κ3) is 6.33. The second kappa shape index (κ2) is 10.6. The van der Waals surface area contributed by atoms with Crippen molar-refractivity contribution in [2.24, 2.45) is 0 Å². The first-order valence-corrected chi connectivity index (χ1v) is 10.9. The van der Waals surface area contributed by atoms with Crippen molar-refractivity contribution in [3.63, 3.8) is 0 Å². The van der Waals surface area contributed by atoms with Crippen LogP contribution >= 0.6 is 11.3 Å². The third-order valence-electron chi connectivity index (χ3n) is 4.17. The fraction of sp³-hybridized carbons (Fsp3) is 0.250. The van der Waals surface area contributed by atoms with Crippen LogP contribution in [0, 0.1) is 0 Å². The number of thiazole rings is 1. The molecule has 0 atom stereocenters. The van der Waals surface area contributed by atoms with Crippen molar-refractivity contribution in [1.29, 1.82) is 0 Å². The molecule has 0 bridgehead atoms. The lowest BCUT2D eigenvalue weighted by Gasteiger charge is -2.13. The molecule has 0 unspecified atom stereocenters. The zero-order valence-corrected chi connectivity index (χ0v) is 18.9. The van der Waals surface area contributed by atoms with Gasteiger partial charge in [-0.15, -0.1) is 11.3 Å². The smallest absolute Gasteiger partial charge is 0.250 e. The van der Waals surface area contributed by atoms with Gasteiger partial charge in [0, 0.05) is 17.0 Å². The number of rotatable bonds is 9. The first kappa shape index (κ1) is 22.4. The molecule has 0 radical (unpaired) electrons. The largest absolute Gasteiger partial charge is 0.494 e. The van der Waals surface area contributed by atoms with E-state index in [1.165, 1.54) is 17.4 Å². The molecule has 3 rings (SSSR count). The number of aromatic nitrogens is 1. The van der Waals surface area contributed by atoms with Gasteiger partial charge in [0.2, 0.25) is 5.91 Å². The first-order valence-electron chi connectivity index (χ1n) is 10.0. The molecule has 0 aliphatic rings. The highest BCUT2D eigenvalue weighted by molar-refractivity contribution is 7.14. The molecule has 31 heavy (non-hydrogen) atoms. The number of nitrogens with one attached hydrogen (secondary N) is 1. The molecule has 0 spiro atoms. The van der Waals surface area contributed by atoms with E-state index in [0.717, 1.165) is 22.6 Å². The van der Waals surface area contributed by atoms with E-state index in [-0.39, 0.29) is 12.0 Å². The molecule has 2 aromatic carbocycles. The van der Waals surface area contributed by atoms with Crippen LogP contribution in [0.3, 0.4) is 0 Å². The van der Waals surface area contributed by atoms with Gasteiger partial charge in [-0.05, 0) is 68.8 Å². The Balaban J connectivity index is 1.62. The molecule has 0 saturated carbocycles. The summed E-state index contributed by atoms with van der Waals surface area (Å²) in [7, 11) is 1.59. The highest BCUT2D eigenvalue weighted by Gasteiger charge is 2.09. The summed E-state index contributed by atoms with van der Waals surface area (Å²) in [6, 6.07) is 13.2. The second-order valence-electron chi connectivity index (χ2n) is 6.89. The minimum absolute atomic E-state index is 0.0480. The summed E-state index contributed by atoms with van der Waals surface area (Å²) in [5, 5.41) is 5.25. The van der Waals surface area contributed by atoms with Crippen molar-refractivity contribution in [3.05, 3.63) is 59.5 Å². The van der Waals surface area contributed by atoms with Crippen LogP contribution in [0.4, 0.5) is 5.13 Å². The minimum atomic E-state index is -0.255. The van der Waals surface area contributed by atoms with Crippen molar-refractivity contribution in [1.82, 2.24) is 4.98 Å². The fourth-order valence-electron chi connectivity index (χ4n) is 2.81. The number of hydrogen-bond acceptors (Lipinski definition) is 6. The van der Waals surface area contributed by atoms with Crippen LogP contribution in [0.5, 0.6) is 17.2 Å². The predicted molar refractivity (Wildman–Crippen MR) is 125 cm³/mol. The topological polar surface area (TPSA) is 69.7 Å². The maximum atomic E-state index is 12.3. The van der Waals surface area contributed by atoms with Gasteiger partial charge in [-0.3, -0.25) is 10.1 Å². The molecule has 1 amide bonds. The molecule has 7 heteroatoms. The highest BCUT2D eigenvalue weighted by Crippen LogP contribution is 2.30. The fourth-order valence-corrected chi connectivity index (χ4v) is 3.53. The monoisotopic (exact) mass is 438 g/mol. The van der Waals surface area contributed by atoms with E-state index in [4.69, 9.17) is 14.2 Å². The van der Waals surface area contributed by atoms with E-state index in [1.54, 1.807) is 13.2 Å². The van der Waals surface area contributed by atoms with Crippen molar-refractivity contribution < 1.29 is 19.0 Å². The van der Waals surface area contributed by atoms with Gasteiger partial charge in [-0.2, -0.15) is 0 Å². The molecule has 1 heterocycles. The summed E-state index contributed by atoms with van der Waals surface area (Å²) in [6.45, 7) is 6.49. The Morgan fingerprint density at radius 1 is 1.16 bits per heavy atom. The first-order chi connectivity index (χ1) is 15.0. The van der Waals surface area contributed by atoms with Crippen LogP contribution in [0.15, 0.2) is 53.9 Å². The Kier molecular flexibility index (Phi) is 7.67. The second-order valence-corrected chi connectivity index (χ2v) is 7.75. The number of carbonyl (C=O) groups is 1. The normalized spacial score (nSPS) is 11.0. The number of benzene rings is 2. The van der Waals surface area contributed by atoms with E-state index in [9.17, 15) is 4.79 Å². The standard InChI is InChI=1S/C24H26N2O4S/c1-5-29-19-10-8-18(9-11-19)20-15-31-24(25-20)26-23(27)13-7-17-6-12-21(30-16(2)3)22(14-17)28-4/h6-16H,5H2,1-4H3,(H,25,26,27). The number of nitrogens with zero attached hydrogens (tertiary/aromatic N) is 1. The van der Waals surface area contributed by atoms with Gasteiger partial charge in [-0.25, -0.2) is 4.98 Å². The average Bonchev–Trinajstić information content (AvgIpc) is 3.21. The van der Waals surface area contributed by atoms with Crippen LogP contribution in [-0.4, -0.2) is 30.7 Å². The zero-order chi connectivity index (χ0) is 22.2. The van der Waals surface area contributed by atoms with Crippen molar-refractivity contribution in [2.75, 3.05) is 19.0 Å². The van der Waals surface area contributed by atoms with Gasteiger partial charge in [-0.1, -0.05) is 6.07 Å². The zero-order valence-electron chi connectivity index (χ0n) is 18.0. The summed E-state index contributed by atoms with van der Waals surface area (Å²) in [6.07, 6.45) is 3.24. The lowest BCUT2D eigenvalue weighted by molar-refractivity contribution is -0.111. The Morgan fingerprint density at radius 2 is 1.94 bits per heavy atom. The summed E-state index contributed by atoms with van der Waals surface area (Å²) >= 11 is 1.38. The van der Waals surface area contributed by atoms with E-state index in [1.807, 2.05) is 68.6 Å². The van der Waals surface area contributed by atoms with E-state index in [0.29, 0.717) is 23.2 Å². The van der Waals surface area contributed by atoms with Gasteiger partial charge in [0.05, 0.1) is 25.5 Å². The Morgan fingerprint density at radius 3 is 2.61 bits per heavy atom. The van der Waals surface area contributed by atoms with E-state index >= 15 is 0 Å². The molecular formula is C24H26N2O4S. The Labute approximate surface area is 186 Å². The molecule has 1 aromatic heterocycles. The van der Waals surface area contributed by atoms with E-state index in [2.05, 4.69) is 10.3 Å². The lowest BCUT2D eigenvalue weighted by Crippen LogP contribution is -2.07. The summed E-state index contributed by atoms with van der Waals surface area (Å²) in [4.78, 5) is 16.8. The molecule has 162 valence electrons. The molecule has 6 nitrogen and oxygen atoms in total. The number of carbonyl (C=O) groups excluding carboxylic acids is 1. The SMILES string of the molecule is CCOc1ccc(-c2csc(NC(=O)C=Cc3ccc(OC(C)C)c(OC)c3)n2)cc1. The number of anilines is 1. The van der Waals surface area contributed by atoms with Gasteiger partial charge in [0.1, 0.15) is 5.75 Å². The van der Waals surface area contributed by atoms with Crippen LogP contribution in [0.25, 0.3) is 17.3 Å². The summed E-state index contributed by atoms with van der Waals surface area (Å²) < 4.78 is 16.5. The maximum absolute atomic E-state index is 12.3. The van der Waals surface area contributed by atoms with Crippen molar-refractivity contribution in [2.45, 2.75) is 26.9 Å². The van der Waals surface area contributed by atoms with E-state index < -0.39 is 0 Å². The van der Waals surface area contributed by atoms with Crippen molar-refractivity contribution in [3.8, 4) is 28.5 Å². The van der Waals surface area contributed by atoms with Crippen LogP contribution in [0.1, 0.15) is 26.3 Å². The molecule has 3 aromatic rings. The molecular weight excluding hydrogens is 412 g/mol. The Bertz CT molecular complexity index is 1040. The van der Waals surface area contributed by atoms with Crippen molar-refractivity contribution >= 4 is 28.5 Å². The van der Waals surface area contributed by atoms with Gasteiger partial charge >= 0.3 is 0 Å². The maximum Gasteiger partial charge on any atom is 0.250 e. The highest BCUT2D eigenvalue weighted by atomic mass is 32.1. The van der Waals surface area contributed by atoms with Crippen LogP contribution < -0.4 is 19.5 Å². The molecule has 0 fully saturated rings. The number of amides is 1. The van der Waals surface area contributed by atoms with Gasteiger partial charge in [0.15, 0.2) is 16.6 Å². The molecule has 0 aliphatic carbocycles. The third-order valence-corrected chi connectivity index (χ3v) is 4.93. The predicted octanol–water partition coefficient (Wildman–Crippen LogP) is 5.66. The summed E-state index contributed by atoms with van der Waals surface area (Å²) in [5.41, 5.74) is 2.60. The number of hydrogen-bond donors (Lipinski definition) is 1. The average molecular weight is 439 g/mol. The molecule has 0 saturated heterocycles. The number of methoxy groups -OCH3 is 1. The molecule has 0 aliphatic heterocycles. The van der Waals surface area contributed by atoms with Crippen LogP contribution in [-0.2, 0) is 4.79 Å². The Hall–Kier alpha value is -3.32. The lowest BCUT2D eigenvalue weighted by atomic mass is 10.2. The molecule has 1 N–H and O–H groups in total. The van der Waals surface area contributed by atoms with Gasteiger partial charge < -0.3 is 14.2 Å². The van der Waals surface area contributed by atoms with Gasteiger partial charge in [0.25, 0.3) is 0 Å². The quantitative estimate of drug-likeness (QED) is 0.437. The summed E-state index contributed by atoms with van der Waals surface area (Å²) in [5.74, 6) is 1.86. The number of ether oxygens (including phenoxy) is 3.